The van der Waals surface area contributed by atoms with Gasteiger partial charge in [-0.15, -0.1) is 0 Å². The molecule has 6 nitrogen and oxygen atoms in total. The third-order valence-corrected chi connectivity index (χ3v) is 3.29. The van der Waals surface area contributed by atoms with Crippen LogP contribution in [0.4, 0.5) is 11.4 Å². The summed E-state index contributed by atoms with van der Waals surface area (Å²) in [5.41, 5.74) is 0.873. The van der Waals surface area contributed by atoms with Crippen LogP contribution in [0, 0.1) is 10.1 Å². The van der Waals surface area contributed by atoms with E-state index in [4.69, 9.17) is 16.3 Å². The Bertz CT molecular complexity index is 701. The second-order valence-corrected chi connectivity index (χ2v) is 4.90. The van der Waals surface area contributed by atoms with Gasteiger partial charge in [0, 0.05) is 12.1 Å². The van der Waals surface area contributed by atoms with Gasteiger partial charge in [0.2, 0.25) is 5.91 Å². The zero-order valence-corrected chi connectivity index (χ0v) is 12.5. The van der Waals surface area contributed by atoms with Crippen molar-refractivity contribution >= 4 is 28.9 Å². The standard InChI is InChI=1S/C15H13ClN2O4/c1-22-12-5-2-10(3-6-12)8-15(19)17-14-9-11(18(20)21)4-7-13(14)16/h2-7,9H,8H2,1H3,(H,17,19). The number of rotatable bonds is 5. The number of methoxy groups -OCH3 is 1. The van der Waals surface area contributed by atoms with E-state index in [1.807, 2.05) is 0 Å². The second-order valence-electron chi connectivity index (χ2n) is 4.49. The van der Waals surface area contributed by atoms with Crippen LogP contribution in [-0.4, -0.2) is 17.9 Å². The molecule has 7 heteroatoms. The zero-order valence-electron chi connectivity index (χ0n) is 11.7. The molecule has 0 aliphatic carbocycles. The summed E-state index contributed by atoms with van der Waals surface area (Å²) in [6.07, 6.45) is 0.128. The van der Waals surface area contributed by atoms with Gasteiger partial charge in [0.05, 0.1) is 29.2 Å². The molecule has 2 aromatic carbocycles. The van der Waals surface area contributed by atoms with Crippen LogP contribution in [0.15, 0.2) is 42.5 Å². The average molecular weight is 321 g/mol. The maximum absolute atomic E-state index is 12.0. The number of benzene rings is 2. The van der Waals surface area contributed by atoms with Crippen molar-refractivity contribution in [1.82, 2.24) is 0 Å². The molecule has 0 atom stereocenters. The first-order chi connectivity index (χ1) is 10.5. The number of ether oxygens (including phenoxy) is 1. The molecule has 0 saturated carbocycles. The molecule has 2 rings (SSSR count). The molecular formula is C15H13ClN2O4. The van der Waals surface area contributed by atoms with E-state index in [9.17, 15) is 14.9 Å². The highest BCUT2D eigenvalue weighted by Crippen LogP contribution is 2.26. The fraction of sp³-hybridized carbons (Fsp3) is 0.133. The number of amides is 1. The van der Waals surface area contributed by atoms with E-state index in [0.29, 0.717) is 5.75 Å². The Kier molecular flexibility index (Phi) is 4.95. The van der Waals surface area contributed by atoms with Crippen LogP contribution in [0.2, 0.25) is 5.02 Å². The van der Waals surface area contributed by atoms with Crippen molar-refractivity contribution in [3.05, 3.63) is 63.2 Å². The van der Waals surface area contributed by atoms with E-state index in [1.165, 1.54) is 18.2 Å². The Morgan fingerprint density at radius 3 is 2.55 bits per heavy atom. The molecule has 22 heavy (non-hydrogen) atoms. The number of nitrogens with zero attached hydrogens (tertiary/aromatic N) is 1. The lowest BCUT2D eigenvalue weighted by Gasteiger charge is -2.07. The lowest BCUT2D eigenvalue weighted by Crippen LogP contribution is -2.14. The molecule has 0 aliphatic rings. The second kappa shape index (κ2) is 6.91. The number of carbonyl (C=O) groups excluding carboxylic acids is 1. The first-order valence-electron chi connectivity index (χ1n) is 6.36. The highest BCUT2D eigenvalue weighted by molar-refractivity contribution is 6.33. The summed E-state index contributed by atoms with van der Waals surface area (Å²) >= 11 is 5.93. The summed E-state index contributed by atoms with van der Waals surface area (Å²) in [6.45, 7) is 0. The van der Waals surface area contributed by atoms with Gasteiger partial charge in [0.25, 0.3) is 5.69 Å². The van der Waals surface area contributed by atoms with Crippen molar-refractivity contribution in [3.63, 3.8) is 0 Å². The van der Waals surface area contributed by atoms with Crippen molar-refractivity contribution in [3.8, 4) is 5.75 Å². The van der Waals surface area contributed by atoms with Gasteiger partial charge in [-0.25, -0.2) is 0 Å². The van der Waals surface area contributed by atoms with Gasteiger partial charge in [-0.05, 0) is 23.8 Å². The monoisotopic (exact) mass is 320 g/mol. The number of nitro benzene ring substituents is 1. The lowest BCUT2D eigenvalue weighted by atomic mass is 10.1. The van der Waals surface area contributed by atoms with Gasteiger partial charge in [-0.2, -0.15) is 0 Å². The van der Waals surface area contributed by atoms with Crippen molar-refractivity contribution in [2.75, 3.05) is 12.4 Å². The van der Waals surface area contributed by atoms with Gasteiger partial charge in [-0.3, -0.25) is 14.9 Å². The third kappa shape index (κ3) is 3.95. The number of nitrogens with one attached hydrogen (secondary N) is 1. The average Bonchev–Trinajstić information content (AvgIpc) is 2.50. The number of hydrogen-bond donors (Lipinski definition) is 1. The van der Waals surface area contributed by atoms with E-state index >= 15 is 0 Å². The van der Waals surface area contributed by atoms with Crippen molar-refractivity contribution < 1.29 is 14.5 Å². The minimum Gasteiger partial charge on any atom is -0.497 e. The molecule has 0 aromatic heterocycles. The van der Waals surface area contributed by atoms with E-state index in [2.05, 4.69) is 5.32 Å². The Morgan fingerprint density at radius 1 is 1.27 bits per heavy atom. The summed E-state index contributed by atoms with van der Waals surface area (Å²) in [5, 5.41) is 13.6. The maximum atomic E-state index is 12.0. The van der Waals surface area contributed by atoms with Crippen LogP contribution in [0.5, 0.6) is 5.75 Å². The molecule has 0 heterocycles. The minimum atomic E-state index is -0.546. The molecule has 0 radical (unpaired) electrons. The van der Waals surface area contributed by atoms with Crippen LogP contribution in [-0.2, 0) is 11.2 Å². The Balaban J connectivity index is 2.08. The summed E-state index contributed by atoms with van der Waals surface area (Å²) in [6, 6.07) is 10.9. The van der Waals surface area contributed by atoms with E-state index < -0.39 is 4.92 Å². The molecule has 2 aromatic rings. The predicted octanol–water partition coefficient (Wildman–Crippen LogP) is 3.44. The quantitative estimate of drug-likeness (QED) is 0.676. The Hall–Kier alpha value is -2.60. The number of non-ortho nitro benzene ring substituents is 1. The molecule has 0 bridgehead atoms. The molecule has 1 amide bonds. The van der Waals surface area contributed by atoms with Gasteiger partial charge in [0.15, 0.2) is 0 Å². The number of nitro groups is 1. The molecular weight excluding hydrogens is 308 g/mol. The summed E-state index contributed by atoms with van der Waals surface area (Å²) in [4.78, 5) is 22.2. The van der Waals surface area contributed by atoms with E-state index in [0.717, 1.165) is 5.56 Å². The zero-order chi connectivity index (χ0) is 16.1. The van der Waals surface area contributed by atoms with Crippen LogP contribution < -0.4 is 10.1 Å². The van der Waals surface area contributed by atoms with Gasteiger partial charge in [0.1, 0.15) is 5.75 Å². The molecule has 0 aliphatic heterocycles. The fourth-order valence-electron chi connectivity index (χ4n) is 1.85. The topological polar surface area (TPSA) is 81.5 Å². The lowest BCUT2D eigenvalue weighted by molar-refractivity contribution is -0.384. The maximum Gasteiger partial charge on any atom is 0.271 e. The van der Waals surface area contributed by atoms with Crippen LogP contribution in [0.25, 0.3) is 0 Å². The molecule has 1 N–H and O–H groups in total. The van der Waals surface area contributed by atoms with Crippen LogP contribution >= 0.6 is 11.6 Å². The number of hydrogen-bond acceptors (Lipinski definition) is 4. The molecule has 114 valence electrons. The predicted molar refractivity (Wildman–Crippen MR) is 83.4 cm³/mol. The number of halogens is 1. The normalized spacial score (nSPS) is 10.1. The SMILES string of the molecule is COc1ccc(CC(=O)Nc2cc([N+](=O)[O-])ccc2Cl)cc1. The summed E-state index contributed by atoms with van der Waals surface area (Å²) in [7, 11) is 1.56. The van der Waals surface area contributed by atoms with Gasteiger partial charge in [-0.1, -0.05) is 23.7 Å². The van der Waals surface area contributed by atoms with Crippen molar-refractivity contribution in [2.24, 2.45) is 0 Å². The van der Waals surface area contributed by atoms with Crippen molar-refractivity contribution in [2.45, 2.75) is 6.42 Å². The smallest absolute Gasteiger partial charge is 0.271 e. The minimum absolute atomic E-state index is 0.128. The number of carbonyl (C=O) groups is 1. The van der Waals surface area contributed by atoms with Crippen LogP contribution in [0.1, 0.15) is 5.56 Å². The summed E-state index contributed by atoms with van der Waals surface area (Å²) in [5.74, 6) is 0.387. The first-order valence-corrected chi connectivity index (χ1v) is 6.74. The summed E-state index contributed by atoms with van der Waals surface area (Å²) < 4.78 is 5.04. The molecule has 0 fully saturated rings. The third-order valence-electron chi connectivity index (χ3n) is 2.96. The Labute approximate surface area is 131 Å². The highest BCUT2D eigenvalue weighted by Gasteiger charge is 2.12. The van der Waals surface area contributed by atoms with E-state index in [1.54, 1.807) is 31.4 Å². The molecule has 0 spiro atoms. The van der Waals surface area contributed by atoms with Gasteiger partial charge < -0.3 is 10.1 Å². The largest absolute Gasteiger partial charge is 0.497 e. The van der Waals surface area contributed by atoms with Gasteiger partial charge >= 0.3 is 0 Å². The first kappa shape index (κ1) is 15.8. The fourth-order valence-corrected chi connectivity index (χ4v) is 2.01. The van der Waals surface area contributed by atoms with E-state index in [-0.39, 0.29) is 28.7 Å². The number of anilines is 1. The van der Waals surface area contributed by atoms with Crippen molar-refractivity contribution in [1.29, 1.82) is 0 Å². The molecule has 0 saturated heterocycles. The molecule has 0 unspecified atom stereocenters. The Morgan fingerprint density at radius 2 is 1.95 bits per heavy atom. The van der Waals surface area contributed by atoms with Crippen LogP contribution in [0.3, 0.4) is 0 Å². The highest BCUT2D eigenvalue weighted by atomic mass is 35.5.